The van der Waals surface area contributed by atoms with Crippen molar-refractivity contribution >= 4 is 5.69 Å². The minimum atomic E-state index is -0.668. The Hall–Kier alpha value is -1.13. The molecule has 0 heterocycles. The third-order valence-electron chi connectivity index (χ3n) is 2.94. The van der Waals surface area contributed by atoms with Crippen LogP contribution >= 0.6 is 0 Å². The molecule has 0 saturated carbocycles. The number of benzene rings is 1. The van der Waals surface area contributed by atoms with Crippen molar-refractivity contribution in [3.8, 4) is 0 Å². The minimum Gasteiger partial charge on any atom is -0.396 e. The predicted octanol–water partition coefficient (Wildman–Crippen LogP) is 2.48. The van der Waals surface area contributed by atoms with Crippen molar-refractivity contribution in [2.75, 3.05) is 18.1 Å². The molecule has 0 unspecified atom stereocenters. The molecule has 0 aliphatic carbocycles. The molecule has 1 aromatic carbocycles. The van der Waals surface area contributed by atoms with E-state index in [9.17, 15) is 9.50 Å². The molecule has 1 atom stereocenters. The molecule has 0 aliphatic rings. The molecule has 0 amide bonds. The highest BCUT2D eigenvalue weighted by Crippen LogP contribution is 2.25. The van der Waals surface area contributed by atoms with E-state index in [0.717, 1.165) is 0 Å². The van der Waals surface area contributed by atoms with Gasteiger partial charge in [-0.1, -0.05) is 6.07 Å². The average molecular weight is 255 g/mol. The van der Waals surface area contributed by atoms with Crippen LogP contribution in [0.3, 0.4) is 0 Å². The van der Waals surface area contributed by atoms with Crippen LogP contribution in [-0.2, 0) is 0 Å². The van der Waals surface area contributed by atoms with E-state index in [0.29, 0.717) is 24.2 Å². The number of rotatable bonds is 6. The van der Waals surface area contributed by atoms with Gasteiger partial charge >= 0.3 is 0 Å². The maximum absolute atomic E-state index is 14.0. The van der Waals surface area contributed by atoms with Crippen LogP contribution in [0, 0.1) is 5.82 Å². The second-order valence-electron chi connectivity index (χ2n) is 4.75. The highest BCUT2D eigenvalue weighted by molar-refractivity contribution is 5.50. The van der Waals surface area contributed by atoms with E-state index in [4.69, 9.17) is 5.11 Å². The molecular weight excluding hydrogens is 233 g/mol. The number of aliphatic hydroxyl groups is 2. The van der Waals surface area contributed by atoms with Crippen molar-refractivity contribution in [2.45, 2.75) is 39.3 Å². The SMILES string of the molecule is CC(C)N(CCCO)c1ccc([C@@H](C)O)cc1F. The average Bonchev–Trinajstić information content (AvgIpc) is 2.30. The van der Waals surface area contributed by atoms with Crippen LogP contribution in [0.4, 0.5) is 10.1 Å². The number of anilines is 1. The fraction of sp³-hybridized carbons (Fsp3) is 0.571. The van der Waals surface area contributed by atoms with Gasteiger partial charge in [-0.05, 0) is 44.9 Å². The Morgan fingerprint density at radius 3 is 2.39 bits per heavy atom. The molecule has 102 valence electrons. The standard InChI is InChI=1S/C14H22FNO2/c1-10(2)16(7-4-8-17)14-6-5-12(11(3)18)9-13(14)15/h5-6,9-11,17-18H,4,7-8H2,1-3H3/t11-/m1/s1. The van der Waals surface area contributed by atoms with Gasteiger partial charge in [-0.3, -0.25) is 0 Å². The van der Waals surface area contributed by atoms with E-state index in [1.165, 1.54) is 6.07 Å². The lowest BCUT2D eigenvalue weighted by molar-refractivity contribution is 0.199. The van der Waals surface area contributed by atoms with Crippen LogP contribution < -0.4 is 4.90 Å². The summed E-state index contributed by atoms with van der Waals surface area (Å²) in [4.78, 5) is 1.91. The van der Waals surface area contributed by atoms with Crippen LogP contribution in [-0.4, -0.2) is 29.4 Å². The zero-order valence-corrected chi connectivity index (χ0v) is 11.2. The Morgan fingerprint density at radius 1 is 1.28 bits per heavy atom. The molecule has 0 saturated heterocycles. The predicted molar refractivity (Wildman–Crippen MR) is 71.2 cm³/mol. The Labute approximate surface area is 108 Å². The van der Waals surface area contributed by atoms with E-state index in [1.807, 2.05) is 18.7 Å². The summed E-state index contributed by atoms with van der Waals surface area (Å²) in [6.45, 7) is 6.29. The molecule has 0 fully saturated rings. The van der Waals surface area contributed by atoms with Crippen LogP contribution in [0.1, 0.15) is 38.9 Å². The molecule has 2 N–H and O–H groups in total. The first-order chi connectivity index (χ1) is 8.47. The van der Waals surface area contributed by atoms with Gasteiger partial charge in [0.25, 0.3) is 0 Å². The molecule has 3 nitrogen and oxygen atoms in total. The number of nitrogens with zero attached hydrogens (tertiary/aromatic N) is 1. The highest BCUT2D eigenvalue weighted by atomic mass is 19.1. The first kappa shape index (κ1) is 14.9. The molecule has 18 heavy (non-hydrogen) atoms. The van der Waals surface area contributed by atoms with Gasteiger partial charge in [0.05, 0.1) is 11.8 Å². The lowest BCUT2D eigenvalue weighted by Crippen LogP contribution is -2.33. The van der Waals surface area contributed by atoms with Gasteiger partial charge in [-0.2, -0.15) is 0 Å². The molecule has 0 radical (unpaired) electrons. The molecule has 0 bridgehead atoms. The summed E-state index contributed by atoms with van der Waals surface area (Å²) in [5.74, 6) is -0.333. The summed E-state index contributed by atoms with van der Waals surface area (Å²) in [6, 6.07) is 4.95. The lowest BCUT2D eigenvalue weighted by atomic mass is 10.1. The third-order valence-corrected chi connectivity index (χ3v) is 2.94. The fourth-order valence-corrected chi connectivity index (χ4v) is 1.91. The Bertz CT molecular complexity index is 380. The molecule has 0 aromatic heterocycles. The molecule has 1 aromatic rings. The summed E-state index contributed by atoms with van der Waals surface area (Å²) in [5, 5.41) is 18.3. The largest absolute Gasteiger partial charge is 0.396 e. The van der Waals surface area contributed by atoms with Crippen LogP contribution in [0.2, 0.25) is 0 Å². The molecular formula is C14H22FNO2. The van der Waals surface area contributed by atoms with E-state index in [-0.39, 0.29) is 18.5 Å². The minimum absolute atomic E-state index is 0.0938. The molecule has 4 heteroatoms. The van der Waals surface area contributed by atoms with E-state index in [1.54, 1.807) is 19.1 Å². The lowest BCUT2D eigenvalue weighted by Gasteiger charge is -2.29. The summed E-state index contributed by atoms with van der Waals surface area (Å²) in [5.41, 5.74) is 1.09. The summed E-state index contributed by atoms with van der Waals surface area (Å²) >= 11 is 0. The van der Waals surface area contributed by atoms with Crippen LogP contribution in [0.25, 0.3) is 0 Å². The van der Waals surface area contributed by atoms with Crippen molar-refractivity contribution < 1.29 is 14.6 Å². The van der Waals surface area contributed by atoms with Crippen molar-refractivity contribution in [3.05, 3.63) is 29.6 Å². The van der Waals surface area contributed by atoms with Gasteiger partial charge in [0, 0.05) is 19.2 Å². The number of aliphatic hydroxyl groups excluding tert-OH is 2. The van der Waals surface area contributed by atoms with E-state index in [2.05, 4.69) is 0 Å². The topological polar surface area (TPSA) is 43.7 Å². The van der Waals surface area contributed by atoms with Crippen LogP contribution in [0.15, 0.2) is 18.2 Å². The Balaban J connectivity index is 2.98. The second-order valence-corrected chi connectivity index (χ2v) is 4.75. The van der Waals surface area contributed by atoms with Gasteiger partial charge in [0.15, 0.2) is 0 Å². The molecule has 0 spiro atoms. The quantitative estimate of drug-likeness (QED) is 0.820. The zero-order chi connectivity index (χ0) is 13.7. The molecule has 1 rings (SSSR count). The van der Waals surface area contributed by atoms with E-state index < -0.39 is 6.10 Å². The second kappa shape index (κ2) is 6.71. The first-order valence-corrected chi connectivity index (χ1v) is 6.32. The highest BCUT2D eigenvalue weighted by Gasteiger charge is 2.15. The van der Waals surface area contributed by atoms with Gasteiger partial charge in [0.1, 0.15) is 5.82 Å². The van der Waals surface area contributed by atoms with Gasteiger partial charge < -0.3 is 15.1 Å². The fourth-order valence-electron chi connectivity index (χ4n) is 1.91. The number of hydrogen-bond donors (Lipinski definition) is 2. The normalized spacial score (nSPS) is 12.8. The van der Waals surface area contributed by atoms with Crippen molar-refractivity contribution in [2.24, 2.45) is 0 Å². The number of hydrogen-bond acceptors (Lipinski definition) is 3. The van der Waals surface area contributed by atoms with Crippen molar-refractivity contribution in [3.63, 3.8) is 0 Å². The monoisotopic (exact) mass is 255 g/mol. The Morgan fingerprint density at radius 2 is 1.94 bits per heavy atom. The Kier molecular flexibility index (Phi) is 5.56. The summed E-state index contributed by atoms with van der Waals surface area (Å²) < 4.78 is 14.0. The number of halogens is 1. The molecule has 0 aliphatic heterocycles. The maximum atomic E-state index is 14.0. The zero-order valence-electron chi connectivity index (χ0n) is 11.2. The third kappa shape index (κ3) is 3.68. The van der Waals surface area contributed by atoms with Crippen molar-refractivity contribution in [1.82, 2.24) is 0 Å². The van der Waals surface area contributed by atoms with Gasteiger partial charge in [0.2, 0.25) is 0 Å². The summed E-state index contributed by atoms with van der Waals surface area (Å²) in [6.07, 6.45) is -0.0611. The van der Waals surface area contributed by atoms with Crippen molar-refractivity contribution in [1.29, 1.82) is 0 Å². The smallest absolute Gasteiger partial charge is 0.146 e. The first-order valence-electron chi connectivity index (χ1n) is 6.32. The summed E-state index contributed by atoms with van der Waals surface area (Å²) in [7, 11) is 0. The van der Waals surface area contributed by atoms with Crippen LogP contribution in [0.5, 0.6) is 0 Å². The van der Waals surface area contributed by atoms with Gasteiger partial charge in [-0.15, -0.1) is 0 Å². The maximum Gasteiger partial charge on any atom is 0.146 e. The van der Waals surface area contributed by atoms with Gasteiger partial charge in [-0.25, -0.2) is 4.39 Å². The van der Waals surface area contributed by atoms with E-state index >= 15 is 0 Å².